The molecule has 4 saturated carbocycles. The van der Waals surface area contributed by atoms with E-state index in [4.69, 9.17) is 32.7 Å². The SMILES string of the molecule is COc1cc(CNC23CC4CC(C)(CC(C)(C4)C2)C3)c(Cl)cc1OCc1cccc(Cl)c1. The summed E-state index contributed by atoms with van der Waals surface area (Å²) in [6, 6.07) is 11.6. The minimum atomic E-state index is 0.237. The number of hydrogen-bond donors (Lipinski definition) is 1. The van der Waals surface area contributed by atoms with Gasteiger partial charge in [0, 0.05) is 28.2 Å². The molecule has 4 fully saturated rings. The van der Waals surface area contributed by atoms with Crippen LogP contribution in [-0.2, 0) is 13.2 Å². The number of methoxy groups -OCH3 is 1. The maximum atomic E-state index is 6.71. The van der Waals surface area contributed by atoms with Crippen LogP contribution in [0, 0.1) is 16.7 Å². The molecule has 4 aliphatic carbocycles. The lowest BCUT2D eigenvalue weighted by molar-refractivity contribution is -0.118. The smallest absolute Gasteiger partial charge is 0.163 e. The lowest BCUT2D eigenvalue weighted by Crippen LogP contribution is -2.63. The van der Waals surface area contributed by atoms with Gasteiger partial charge in [-0.05, 0) is 84.6 Å². The van der Waals surface area contributed by atoms with Crippen LogP contribution < -0.4 is 14.8 Å². The van der Waals surface area contributed by atoms with Gasteiger partial charge in [-0.1, -0.05) is 49.2 Å². The van der Waals surface area contributed by atoms with Gasteiger partial charge in [0.15, 0.2) is 11.5 Å². The molecule has 32 heavy (non-hydrogen) atoms. The molecule has 0 spiro atoms. The summed E-state index contributed by atoms with van der Waals surface area (Å²) in [4.78, 5) is 0. The molecule has 2 atom stereocenters. The number of halogens is 2. The fourth-order valence-corrected chi connectivity index (χ4v) is 8.13. The second-order valence-corrected chi connectivity index (χ2v) is 12.1. The number of ether oxygens (including phenoxy) is 2. The molecule has 5 heteroatoms. The van der Waals surface area contributed by atoms with Gasteiger partial charge in [0.1, 0.15) is 6.61 Å². The maximum Gasteiger partial charge on any atom is 0.163 e. The highest BCUT2D eigenvalue weighted by molar-refractivity contribution is 6.31. The summed E-state index contributed by atoms with van der Waals surface area (Å²) < 4.78 is 11.7. The zero-order chi connectivity index (χ0) is 22.6. The summed E-state index contributed by atoms with van der Waals surface area (Å²) in [6.07, 6.45) is 8.04. The fourth-order valence-electron chi connectivity index (χ4n) is 7.70. The molecular formula is C27H33Cl2NO2. The minimum Gasteiger partial charge on any atom is -0.493 e. The van der Waals surface area contributed by atoms with E-state index >= 15 is 0 Å². The summed E-state index contributed by atoms with van der Waals surface area (Å²) in [6.45, 7) is 6.18. The van der Waals surface area contributed by atoms with Crippen LogP contribution in [0.25, 0.3) is 0 Å². The highest BCUT2D eigenvalue weighted by Gasteiger charge is 2.59. The molecule has 2 aromatic rings. The van der Waals surface area contributed by atoms with Crippen molar-refractivity contribution in [2.75, 3.05) is 7.11 Å². The van der Waals surface area contributed by atoms with E-state index < -0.39 is 0 Å². The van der Waals surface area contributed by atoms with Gasteiger partial charge in [0.05, 0.1) is 7.11 Å². The third kappa shape index (κ3) is 4.36. The van der Waals surface area contributed by atoms with Gasteiger partial charge in [0.25, 0.3) is 0 Å². The van der Waals surface area contributed by atoms with Gasteiger partial charge >= 0.3 is 0 Å². The summed E-state index contributed by atoms with van der Waals surface area (Å²) in [5, 5.41) is 5.38. The van der Waals surface area contributed by atoms with Gasteiger partial charge in [-0.15, -0.1) is 0 Å². The van der Waals surface area contributed by atoms with E-state index in [1.165, 1.54) is 38.5 Å². The molecule has 0 aliphatic heterocycles. The number of rotatable bonds is 7. The van der Waals surface area contributed by atoms with Crippen molar-refractivity contribution >= 4 is 23.2 Å². The standard InChI is InChI=1S/C27H33Cl2NO2/c1-25-10-19-11-26(2,15-25)17-27(12-19,16-25)30-13-20-8-23(31-3)24(9-22(20)29)32-14-18-5-4-6-21(28)7-18/h4-9,19,30H,10-17H2,1-3H3. The van der Waals surface area contributed by atoms with Crippen molar-refractivity contribution in [3.63, 3.8) is 0 Å². The Labute approximate surface area is 201 Å². The van der Waals surface area contributed by atoms with Gasteiger partial charge < -0.3 is 14.8 Å². The van der Waals surface area contributed by atoms with Crippen LogP contribution in [0.3, 0.4) is 0 Å². The van der Waals surface area contributed by atoms with Crippen LogP contribution in [0.2, 0.25) is 10.0 Å². The second-order valence-electron chi connectivity index (χ2n) is 11.3. The van der Waals surface area contributed by atoms with Crippen molar-refractivity contribution in [2.24, 2.45) is 16.7 Å². The van der Waals surface area contributed by atoms with Crippen molar-refractivity contribution in [2.45, 2.75) is 71.1 Å². The van der Waals surface area contributed by atoms with Crippen molar-refractivity contribution in [1.29, 1.82) is 0 Å². The molecule has 0 saturated heterocycles. The van der Waals surface area contributed by atoms with E-state index in [1.54, 1.807) is 7.11 Å². The van der Waals surface area contributed by atoms with Crippen molar-refractivity contribution < 1.29 is 9.47 Å². The Balaban J connectivity index is 1.30. The predicted octanol–water partition coefficient (Wildman–Crippen LogP) is 7.42. The van der Waals surface area contributed by atoms with E-state index in [9.17, 15) is 0 Å². The van der Waals surface area contributed by atoms with Crippen molar-refractivity contribution in [1.82, 2.24) is 5.32 Å². The summed E-state index contributed by atoms with van der Waals surface area (Å²) in [7, 11) is 1.67. The zero-order valence-electron chi connectivity index (χ0n) is 19.3. The van der Waals surface area contributed by atoms with Crippen LogP contribution in [0.15, 0.2) is 36.4 Å². The molecule has 2 unspecified atom stereocenters. The molecule has 0 aromatic heterocycles. The molecule has 4 bridgehead atoms. The average Bonchev–Trinajstić information content (AvgIpc) is 2.69. The first-order valence-corrected chi connectivity index (χ1v) is 12.4. The molecule has 0 radical (unpaired) electrons. The minimum absolute atomic E-state index is 0.237. The average molecular weight is 474 g/mol. The van der Waals surface area contributed by atoms with Crippen LogP contribution in [-0.4, -0.2) is 12.6 Å². The fraction of sp³-hybridized carbons (Fsp3) is 0.556. The maximum absolute atomic E-state index is 6.71. The molecule has 6 rings (SSSR count). The van der Waals surface area contributed by atoms with Gasteiger partial charge in [0.2, 0.25) is 0 Å². The Kier molecular flexibility index (Phi) is 5.67. The monoisotopic (exact) mass is 473 g/mol. The van der Waals surface area contributed by atoms with Gasteiger partial charge in [-0.3, -0.25) is 0 Å². The molecular weight excluding hydrogens is 441 g/mol. The highest BCUT2D eigenvalue weighted by atomic mass is 35.5. The Morgan fingerprint density at radius 1 is 0.969 bits per heavy atom. The predicted molar refractivity (Wildman–Crippen MR) is 131 cm³/mol. The molecule has 1 N–H and O–H groups in total. The molecule has 2 aromatic carbocycles. The number of nitrogens with one attached hydrogen (secondary N) is 1. The quantitative estimate of drug-likeness (QED) is 0.453. The van der Waals surface area contributed by atoms with Crippen LogP contribution >= 0.6 is 23.2 Å². The van der Waals surface area contributed by atoms with E-state index in [0.717, 1.165) is 23.6 Å². The summed E-state index contributed by atoms with van der Waals surface area (Å²) >= 11 is 12.8. The van der Waals surface area contributed by atoms with Crippen LogP contribution in [0.1, 0.15) is 63.5 Å². The topological polar surface area (TPSA) is 30.5 Å². The largest absolute Gasteiger partial charge is 0.493 e. The molecule has 3 nitrogen and oxygen atoms in total. The van der Waals surface area contributed by atoms with Crippen molar-refractivity contribution in [3.8, 4) is 11.5 Å². The number of hydrogen-bond acceptors (Lipinski definition) is 3. The Morgan fingerprint density at radius 3 is 2.38 bits per heavy atom. The molecule has 0 amide bonds. The lowest BCUT2D eigenvalue weighted by Gasteiger charge is -2.65. The third-order valence-electron chi connectivity index (χ3n) is 7.90. The van der Waals surface area contributed by atoms with E-state index in [2.05, 4.69) is 19.2 Å². The van der Waals surface area contributed by atoms with E-state index in [0.29, 0.717) is 39.0 Å². The molecule has 4 aliphatic rings. The normalized spacial score (nSPS) is 32.8. The lowest BCUT2D eigenvalue weighted by atomic mass is 9.43. The van der Waals surface area contributed by atoms with E-state index in [-0.39, 0.29) is 5.54 Å². The summed E-state index contributed by atoms with van der Waals surface area (Å²) in [5.74, 6) is 2.22. The number of benzene rings is 2. The van der Waals surface area contributed by atoms with Gasteiger partial charge in [-0.25, -0.2) is 0 Å². The van der Waals surface area contributed by atoms with Crippen LogP contribution in [0.5, 0.6) is 11.5 Å². The van der Waals surface area contributed by atoms with Gasteiger partial charge in [-0.2, -0.15) is 0 Å². The highest BCUT2D eigenvalue weighted by Crippen LogP contribution is 2.66. The van der Waals surface area contributed by atoms with E-state index in [1.807, 2.05) is 36.4 Å². The first kappa shape index (κ1) is 22.4. The molecule has 172 valence electrons. The first-order valence-electron chi connectivity index (χ1n) is 11.7. The second kappa shape index (κ2) is 8.11. The Hall–Kier alpha value is -1.42. The Morgan fingerprint density at radius 2 is 1.72 bits per heavy atom. The Bertz CT molecular complexity index is 1000. The first-order chi connectivity index (χ1) is 15.2. The summed E-state index contributed by atoms with van der Waals surface area (Å²) in [5.41, 5.74) is 3.28. The molecule has 0 heterocycles. The third-order valence-corrected chi connectivity index (χ3v) is 8.48. The van der Waals surface area contributed by atoms with Crippen LogP contribution in [0.4, 0.5) is 0 Å². The van der Waals surface area contributed by atoms with Crippen molar-refractivity contribution in [3.05, 3.63) is 57.6 Å². The zero-order valence-corrected chi connectivity index (χ0v) is 20.8.